The highest BCUT2D eigenvalue weighted by atomic mass is 35.5. The van der Waals surface area contributed by atoms with Crippen LogP contribution in [-0.2, 0) is 100 Å². The van der Waals surface area contributed by atoms with Crippen molar-refractivity contribution in [3.05, 3.63) is 339 Å². The minimum atomic E-state index is -4.03. The molecule has 36 heteroatoms. The van der Waals surface area contributed by atoms with Gasteiger partial charge in [-0.05, 0) is 193 Å². The highest BCUT2D eigenvalue weighted by molar-refractivity contribution is 7.95. The third-order valence-electron chi connectivity index (χ3n) is 14.5. The van der Waals surface area contributed by atoms with Crippen LogP contribution >= 0.6 is 11.6 Å². The molecule has 0 aliphatic rings. The van der Waals surface area contributed by atoms with Crippen molar-refractivity contribution in [2.24, 2.45) is 0 Å². The Morgan fingerprint density at radius 1 is 0.303 bits per heavy atom. The van der Waals surface area contributed by atoms with Crippen LogP contribution in [0.25, 0.3) is 0 Å². The number of halogens is 1. The first kappa shape index (κ1) is 121. The Balaban J connectivity index is -0.000000412. The third kappa shape index (κ3) is 53.1. The lowest BCUT2D eigenvalue weighted by molar-refractivity contribution is 0.410. The second-order valence-corrected chi connectivity index (χ2v) is 40.1. The summed E-state index contributed by atoms with van der Waals surface area (Å²) in [6.45, 7) is 48.5. The smallest absolute Gasteiger partial charge is 0.425 e. The minimum absolute atomic E-state index is 0.0278. The Bertz CT molecular complexity index is 5810. The van der Waals surface area contributed by atoms with Gasteiger partial charge < -0.3 is 9.47 Å². The normalized spacial score (nSPS) is 10.3. The van der Waals surface area contributed by atoms with Gasteiger partial charge in [0.2, 0.25) is 0 Å². The zero-order chi connectivity index (χ0) is 95.8. The molecule has 25 nitrogen and oxygen atoms in total. The van der Waals surface area contributed by atoms with Gasteiger partial charge in [0.05, 0.1) is 54.2 Å². The summed E-state index contributed by atoms with van der Waals surface area (Å²) in [5.41, 5.74) is 11.1. The predicted molar refractivity (Wildman–Crippen MR) is 490 cm³/mol. The van der Waals surface area contributed by atoms with Gasteiger partial charge in [-0.2, -0.15) is 8.42 Å². The molecule has 0 saturated heterocycles. The fraction of sp³-hybridized carbons (Fsp3) is 0.233. The molecule has 9 aromatic carbocycles. The molecule has 9 aromatic rings. The van der Waals surface area contributed by atoms with Crippen LogP contribution in [0, 0.1) is 76.2 Å². The van der Waals surface area contributed by atoms with Gasteiger partial charge in [0, 0.05) is 44.6 Å². The number of benzene rings is 9. The highest BCUT2D eigenvalue weighted by Crippen LogP contribution is 2.28. The molecule has 0 atom stereocenters. The second kappa shape index (κ2) is 61.4. The summed E-state index contributed by atoms with van der Waals surface area (Å²) < 4.78 is 247. The maximum Gasteiger partial charge on any atom is 0.425 e. The fourth-order valence-corrected chi connectivity index (χ4v) is 14.7. The average molecular weight is 1900 g/mol. The number of ether oxygens (including phenoxy) is 2. The summed E-state index contributed by atoms with van der Waals surface area (Å²) >= 11 is 5.11. The van der Waals surface area contributed by atoms with Crippen LogP contribution in [0.2, 0.25) is 0 Å². The zero-order valence-corrected chi connectivity index (χ0v) is 80.4. The Morgan fingerprint density at radius 2 is 0.582 bits per heavy atom. The van der Waals surface area contributed by atoms with Gasteiger partial charge >= 0.3 is 21.2 Å². The van der Waals surface area contributed by atoms with Gasteiger partial charge in [-0.3, -0.25) is 4.55 Å². The van der Waals surface area contributed by atoms with Crippen molar-refractivity contribution < 1.29 is 107 Å². The lowest BCUT2D eigenvalue weighted by Gasteiger charge is -2.09. The standard InChI is InChI=1S/C11H14O3S.C10H12O3S.4C9H10O2S.C8H10.C7H8O3S.C7H8.C3H7ClO2S.2C2H6.2O3S/c1-5-15(12,13)11-7-10(14-4)8(2)6-9(11)3;1-4-14(11,12)9-6-5-8(2)10(7-9)13-3;2*1-3-12(10,11)9-6-4-8(2)5-7-9;2*1-3-12(10,11)9-6-4-5-8(2)7-9;1-7-5-3-4-6-8(7)2;1-6-4-2-3-5-7(6)11(8,9)10;1-7-5-3-2-4-6-7;1-7(5,6)3-2-4;2*1-2;2*1-4(2)3/h5-7H,1H2,2-4H3;4-7H,1H2,2-3H3;4*3-7H,1H2,2H3;3-6H,1-2H3;2-5H,1H3,(H,8,9,10);2-6H,1H3;2-3H2,1H3;2*1-2H3;;. The van der Waals surface area contributed by atoms with Gasteiger partial charge in [-0.15, -0.1) is 36.9 Å². The Kier molecular flexibility index (Phi) is 60.7. The molecular weight excluding hydrogens is 1790 g/mol. The van der Waals surface area contributed by atoms with Crippen LogP contribution in [0.3, 0.4) is 0 Å². The predicted octanol–water partition coefficient (Wildman–Crippen LogP) is 17.7. The molecule has 122 heavy (non-hydrogen) atoms. The lowest BCUT2D eigenvalue weighted by atomic mass is 10.1. The van der Waals surface area contributed by atoms with Gasteiger partial charge in [0.1, 0.15) is 21.3 Å². The van der Waals surface area contributed by atoms with Crippen molar-refractivity contribution in [1.29, 1.82) is 0 Å². The molecule has 9 rings (SSSR count). The van der Waals surface area contributed by atoms with Crippen LogP contribution in [0.15, 0.2) is 312 Å². The van der Waals surface area contributed by atoms with Crippen molar-refractivity contribution in [2.45, 2.75) is 138 Å². The van der Waals surface area contributed by atoms with E-state index in [0.29, 0.717) is 42.2 Å². The van der Waals surface area contributed by atoms with Gasteiger partial charge in [-0.1, -0.05) is 217 Å². The first-order valence-corrected chi connectivity index (χ1v) is 50.9. The molecule has 0 spiro atoms. The van der Waals surface area contributed by atoms with E-state index in [2.05, 4.69) is 96.6 Å². The van der Waals surface area contributed by atoms with E-state index in [4.69, 9.17) is 50.9 Å². The fourth-order valence-electron chi connectivity index (χ4n) is 8.11. The largest absolute Gasteiger partial charge is 0.496 e. The maximum absolute atomic E-state index is 11.6. The number of alkyl halides is 1. The van der Waals surface area contributed by atoms with E-state index in [1.807, 2.05) is 99.6 Å². The van der Waals surface area contributed by atoms with Gasteiger partial charge in [0.25, 0.3) is 10.1 Å². The molecular formula is C86H111ClO25S10. The van der Waals surface area contributed by atoms with Crippen molar-refractivity contribution in [3.8, 4) is 11.5 Å². The first-order valence-electron chi connectivity index (χ1n) is 35.6. The number of hydrogen-bond donors (Lipinski definition) is 1. The molecule has 1 N–H and O–H groups in total. The number of aryl methyl sites for hydroxylation is 11. The number of methoxy groups -OCH3 is 2. The molecule has 0 aromatic heterocycles. The zero-order valence-electron chi connectivity index (χ0n) is 71.5. The summed E-state index contributed by atoms with van der Waals surface area (Å²) in [6, 6.07) is 59.8. The van der Waals surface area contributed by atoms with Crippen LogP contribution < -0.4 is 9.47 Å². The van der Waals surface area contributed by atoms with Crippen molar-refractivity contribution in [3.63, 3.8) is 0 Å². The van der Waals surface area contributed by atoms with Gasteiger partial charge in [0.15, 0.2) is 59.0 Å². The van der Waals surface area contributed by atoms with Crippen LogP contribution in [0.5, 0.6) is 11.5 Å². The molecule has 0 saturated carbocycles. The maximum atomic E-state index is 11.6. The summed E-state index contributed by atoms with van der Waals surface area (Å²) in [4.78, 5) is 1.62. The molecule has 0 bridgehead atoms. The van der Waals surface area contributed by atoms with E-state index < -0.39 is 100 Å². The quantitative estimate of drug-likeness (QED) is 0.0653. The monoisotopic (exact) mass is 1900 g/mol. The van der Waals surface area contributed by atoms with E-state index in [1.165, 1.54) is 55.2 Å². The SMILES string of the molecule is C=CS(=O)(=O)c1cc(OC)c(C)cc1C.C=CS(=O)(=O)c1ccc(C)c(OC)c1.C=CS(=O)(=O)c1ccc(C)cc1.C=CS(=O)(=O)c1ccc(C)cc1.C=CS(=O)(=O)c1cccc(C)c1.C=CS(=O)(=O)c1cccc(C)c1.CC.CC.CS(=O)(=O)CCCl.Cc1ccccc1.Cc1ccccc1C.Cc1ccccc1S(=O)(=O)O.O=S(=O)=O.O=S(=O)=O. The lowest BCUT2D eigenvalue weighted by Crippen LogP contribution is -2.02. The van der Waals surface area contributed by atoms with E-state index in [-0.39, 0.29) is 26.3 Å². The van der Waals surface area contributed by atoms with E-state index in [0.717, 1.165) is 72.1 Å². The molecule has 0 unspecified atom stereocenters. The molecule has 672 valence electrons. The highest BCUT2D eigenvalue weighted by Gasteiger charge is 2.17. The van der Waals surface area contributed by atoms with E-state index >= 15 is 0 Å². The summed E-state index contributed by atoms with van der Waals surface area (Å²) in [5.74, 6) is 1.40. The molecule has 0 heterocycles. The van der Waals surface area contributed by atoms with Crippen molar-refractivity contribution >= 4 is 112 Å². The second-order valence-electron chi connectivity index (χ2n) is 24.0. The molecule has 0 fully saturated rings. The molecule has 0 aliphatic carbocycles. The van der Waals surface area contributed by atoms with Crippen molar-refractivity contribution in [1.82, 2.24) is 0 Å². The first-order chi connectivity index (χ1) is 56.4. The van der Waals surface area contributed by atoms with Crippen LogP contribution in [0.4, 0.5) is 0 Å². The Hall–Kier alpha value is -9.89. The third-order valence-corrected chi connectivity index (χ3v) is 25.2. The van der Waals surface area contributed by atoms with Gasteiger partial charge in [-0.25, -0.2) is 58.9 Å². The number of sulfone groups is 7. The van der Waals surface area contributed by atoms with E-state index in [9.17, 15) is 67.3 Å². The average Bonchev–Trinajstić information content (AvgIpc) is 0.808. The van der Waals surface area contributed by atoms with Crippen LogP contribution in [-0.4, -0.2) is 129 Å². The summed E-state index contributed by atoms with van der Waals surface area (Å²) in [7, 11) is -29.8. The Labute approximate surface area is 733 Å². The number of rotatable bonds is 17. The van der Waals surface area contributed by atoms with Crippen LogP contribution in [0.1, 0.15) is 88.9 Å². The summed E-state index contributed by atoms with van der Waals surface area (Å²) in [6.07, 6.45) is 1.16. The Morgan fingerprint density at radius 3 is 0.836 bits per heavy atom. The minimum Gasteiger partial charge on any atom is -0.496 e. The number of hydrogen-bond acceptors (Lipinski definition) is 24. The molecule has 0 amide bonds. The molecule has 0 radical (unpaired) electrons. The summed E-state index contributed by atoms with van der Waals surface area (Å²) in [5, 5.41) is 5.71. The van der Waals surface area contributed by atoms with E-state index in [1.54, 1.807) is 129 Å². The topological polar surface area (TPSA) is 414 Å². The molecule has 0 aliphatic heterocycles. The van der Waals surface area contributed by atoms with Crippen molar-refractivity contribution in [2.75, 3.05) is 32.1 Å².